The van der Waals surface area contributed by atoms with Crippen molar-refractivity contribution < 1.29 is 75.1 Å². The van der Waals surface area contributed by atoms with Gasteiger partial charge in [0.05, 0.1) is 32.5 Å². The molecule has 0 spiro atoms. The zero-order chi connectivity index (χ0) is 25.4. The molecule has 200 valence electrons. The number of aliphatic hydroxyl groups excluding tert-OH is 11. The number of rotatable bonds is 8. The predicted molar refractivity (Wildman–Crippen MR) is 105 cm³/mol. The van der Waals surface area contributed by atoms with E-state index >= 15 is 0 Å². The van der Waals surface area contributed by atoms with Crippen LogP contribution in [0.15, 0.2) is 0 Å². The van der Waals surface area contributed by atoms with E-state index in [1.807, 2.05) is 0 Å². The van der Waals surface area contributed by atoms with Gasteiger partial charge in [0, 0.05) is 6.42 Å². The highest BCUT2D eigenvalue weighted by atomic mass is 16.7. The fraction of sp³-hybridized carbons (Fsp3) is 1.00. The van der Waals surface area contributed by atoms with E-state index < -0.39 is 118 Å². The molecule has 0 aromatic rings. The van der Waals surface area contributed by atoms with Crippen LogP contribution in [-0.2, 0) is 18.9 Å². The standard InChI is InChI=1S/C19H34O15/c20-2-7-11(24)15(28)16(29)18(33-7)31-4-9-12(25)14(27)10(23)6(32-9)1-19(5-22)17(30)13(26)8(3-21)34-19/h6-18,20-30H,1-5H2/t6-,7+,8+,9+,10-,11-,12+,13+,14+,15-,16-,17-,18-,19+/m0/s1. The van der Waals surface area contributed by atoms with Crippen LogP contribution >= 0.6 is 0 Å². The molecule has 3 fully saturated rings. The lowest BCUT2D eigenvalue weighted by molar-refractivity contribution is -0.315. The fourth-order valence-corrected chi connectivity index (χ4v) is 4.53. The lowest BCUT2D eigenvalue weighted by Crippen LogP contribution is -2.62. The molecule has 0 unspecified atom stereocenters. The van der Waals surface area contributed by atoms with Gasteiger partial charge in [0.1, 0.15) is 72.7 Å². The van der Waals surface area contributed by atoms with Gasteiger partial charge in [-0.2, -0.15) is 0 Å². The highest BCUT2D eigenvalue weighted by molar-refractivity contribution is 5.05. The summed E-state index contributed by atoms with van der Waals surface area (Å²) in [5.41, 5.74) is -1.86. The molecular weight excluding hydrogens is 468 g/mol. The Balaban J connectivity index is 1.69. The van der Waals surface area contributed by atoms with Gasteiger partial charge in [-0.3, -0.25) is 0 Å². The van der Waals surface area contributed by atoms with Crippen molar-refractivity contribution in [1.29, 1.82) is 0 Å². The summed E-state index contributed by atoms with van der Waals surface area (Å²) in [4.78, 5) is 0. The molecule has 0 amide bonds. The minimum Gasteiger partial charge on any atom is -0.394 e. The van der Waals surface area contributed by atoms with Crippen molar-refractivity contribution >= 4 is 0 Å². The van der Waals surface area contributed by atoms with Crippen LogP contribution in [0.2, 0.25) is 0 Å². The second-order valence-corrected chi connectivity index (χ2v) is 8.92. The zero-order valence-electron chi connectivity index (χ0n) is 18.1. The Morgan fingerprint density at radius 2 is 1.15 bits per heavy atom. The molecule has 11 N–H and O–H groups in total. The molecule has 14 atom stereocenters. The van der Waals surface area contributed by atoms with Crippen LogP contribution in [-0.4, -0.2) is 168 Å². The summed E-state index contributed by atoms with van der Waals surface area (Å²) in [5.74, 6) is 0. The van der Waals surface area contributed by atoms with Crippen molar-refractivity contribution in [2.45, 2.75) is 91.6 Å². The Hall–Kier alpha value is -0.600. The summed E-state index contributed by atoms with van der Waals surface area (Å²) >= 11 is 0. The van der Waals surface area contributed by atoms with Crippen molar-refractivity contribution in [3.63, 3.8) is 0 Å². The smallest absolute Gasteiger partial charge is 0.186 e. The van der Waals surface area contributed by atoms with Gasteiger partial charge in [0.2, 0.25) is 0 Å². The molecule has 0 radical (unpaired) electrons. The van der Waals surface area contributed by atoms with Gasteiger partial charge < -0.3 is 75.1 Å². The topological polar surface area (TPSA) is 259 Å². The molecular formula is C19H34O15. The number of aliphatic hydroxyl groups is 11. The van der Waals surface area contributed by atoms with Gasteiger partial charge in [0.15, 0.2) is 6.29 Å². The van der Waals surface area contributed by atoms with Gasteiger partial charge in [0.25, 0.3) is 0 Å². The van der Waals surface area contributed by atoms with Crippen LogP contribution < -0.4 is 0 Å². The fourth-order valence-electron chi connectivity index (χ4n) is 4.53. The maximum absolute atomic E-state index is 10.4. The van der Waals surface area contributed by atoms with Gasteiger partial charge >= 0.3 is 0 Å². The molecule has 3 aliphatic heterocycles. The lowest BCUT2D eigenvalue weighted by Gasteiger charge is -2.44. The molecule has 0 bridgehead atoms. The molecule has 15 heteroatoms. The number of hydrogen-bond donors (Lipinski definition) is 11. The molecule has 15 nitrogen and oxygen atoms in total. The first-order valence-corrected chi connectivity index (χ1v) is 10.9. The minimum atomic E-state index is -1.86. The van der Waals surface area contributed by atoms with Crippen molar-refractivity contribution in [2.24, 2.45) is 0 Å². The Morgan fingerprint density at radius 3 is 1.71 bits per heavy atom. The van der Waals surface area contributed by atoms with Crippen molar-refractivity contribution in [2.75, 3.05) is 26.4 Å². The first kappa shape index (κ1) is 28.0. The van der Waals surface area contributed by atoms with E-state index in [0.29, 0.717) is 0 Å². The van der Waals surface area contributed by atoms with Gasteiger partial charge in [-0.15, -0.1) is 0 Å². The molecule has 0 aromatic heterocycles. The molecule has 3 rings (SSSR count). The molecule has 3 saturated heterocycles. The minimum absolute atomic E-state index is 0.459. The van der Waals surface area contributed by atoms with E-state index in [4.69, 9.17) is 18.9 Å². The third-order valence-corrected chi connectivity index (χ3v) is 6.71. The predicted octanol–water partition coefficient (Wildman–Crippen LogP) is -7.11. The normalized spacial score (nSPS) is 52.1. The maximum Gasteiger partial charge on any atom is 0.186 e. The molecule has 0 aliphatic carbocycles. The average molecular weight is 502 g/mol. The highest BCUT2D eigenvalue weighted by Gasteiger charge is 2.57. The summed E-state index contributed by atoms with van der Waals surface area (Å²) in [6, 6.07) is 0. The van der Waals surface area contributed by atoms with E-state index in [-0.39, 0.29) is 0 Å². The maximum atomic E-state index is 10.4. The van der Waals surface area contributed by atoms with Crippen LogP contribution in [0, 0.1) is 0 Å². The summed E-state index contributed by atoms with van der Waals surface area (Å²) in [6.07, 6.45) is -20.6. The molecule has 0 saturated carbocycles. The lowest BCUT2D eigenvalue weighted by atomic mass is 9.84. The first-order valence-electron chi connectivity index (χ1n) is 10.9. The van der Waals surface area contributed by atoms with Crippen molar-refractivity contribution in [3.8, 4) is 0 Å². The van der Waals surface area contributed by atoms with E-state index in [2.05, 4.69) is 0 Å². The van der Waals surface area contributed by atoms with E-state index in [9.17, 15) is 56.2 Å². The zero-order valence-corrected chi connectivity index (χ0v) is 18.1. The second-order valence-electron chi connectivity index (χ2n) is 8.92. The summed E-state index contributed by atoms with van der Waals surface area (Å²) in [7, 11) is 0. The van der Waals surface area contributed by atoms with Crippen molar-refractivity contribution in [3.05, 3.63) is 0 Å². The number of hydrogen-bond acceptors (Lipinski definition) is 15. The SMILES string of the molecule is OC[C@H]1O[C@H](OC[C@H]2O[C@@H](C[C@]3(CO)O[C@H](CO)[C@@H](O)[C@@H]3O)[C@H](O)[C@@H](O)[C@@H]2O)[C@@H](O)[C@@H](O)[C@H]1O. The Morgan fingerprint density at radius 1 is 0.588 bits per heavy atom. The van der Waals surface area contributed by atoms with Crippen LogP contribution in [0.1, 0.15) is 6.42 Å². The van der Waals surface area contributed by atoms with Crippen LogP contribution in [0.25, 0.3) is 0 Å². The van der Waals surface area contributed by atoms with E-state index in [1.54, 1.807) is 0 Å². The van der Waals surface area contributed by atoms with E-state index in [1.165, 1.54) is 0 Å². The summed E-state index contributed by atoms with van der Waals surface area (Å²) in [5, 5.41) is 110. The second kappa shape index (κ2) is 11.2. The Labute approximate surface area is 193 Å². The quantitative estimate of drug-likeness (QED) is 0.147. The van der Waals surface area contributed by atoms with Gasteiger partial charge in [-0.1, -0.05) is 0 Å². The monoisotopic (exact) mass is 502 g/mol. The molecule has 3 heterocycles. The molecule has 3 aliphatic rings. The average Bonchev–Trinajstić information content (AvgIpc) is 3.08. The van der Waals surface area contributed by atoms with Crippen LogP contribution in [0.3, 0.4) is 0 Å². The Bertz CT molecular complexity index is 653. The molecule has 34 heavy (non-hydrogen) atoms. The number of ether oxygens (including phenoxy) is 4. The van der Waals surface area contributed by atoms with E-state index in [0.717, 1.165) is 0 Å². The van der Waals surface area contributed by atoms with Crippen LogP contribution in [0.5, 0.6) is 0 Å². The third-order valence-electron chi connectivity index (χ3n) is 6.71. The highest BCUT2D eigenvalue weighted by Crippen LogP contribution is 2.38. The largest absolute Gasteiger partial charge is 0.394 e. The summed E-state index contributed by atoms with van der Waals surface area (Å²) < 4.78 is 21.6. The first-order chi connectivity index (χ1) is 16.0. The van der Waals surface area contributed by atoms with Crippen molar-refractivity contribution in [1.82, 2.24) is 0 Å². The van der Waals surface area contributed by atoms with Crippen LogP contribution in [0.4, 0.5) is 0 Å². The molecule has 0 aromatic carbocycles. The van der Waals surface area contributed by atoms with Gasteiger partial charge in [-0.25, -0.2) is 0 Å². The Kier molecular flexibility index (Phi) is 9.22. The summed E-state index contributed by atoms with van der Waals surface area (Å²) in [6.45, 7) is -2.74. The van der Waals surface area contributed by atoms with Gasteiger partial charge in [-0.05, 0) is 0 Å². The third kappa shape index (κ3) is 5.10.